The summed E-state index contributed by atoms with van der Waals surface area (Å²) < 4.78 is 5.22. The van der Waals surface area contributed by atoms with Crippen molar-refractivity contribution in [2.24, 2.45) is 0 Å². The van der Waals surface area contributed by atoms with Crippen LogP contribution in [0.15, 0.2) is 22.0 Å². The predicted octanol–water partition coefficient (Wildman–Crippen LogP) is 3.91. The van der Waals surface area contributed by atoms with Crippen LogP contribution in [0.2, 0.25) is 0 Å². The molecule has 0 aliphatic rings. The molecular weight excluding hydrogens is 358 g/mol. The molecule has 0 aliphatic carbocycles. The molecule has 0 saturated heterocycles. The highest BCUT2D eigenvalue weighted by Crippen LogP contribution is 2.27. The summed E-state index contributed by atoms with van der Waals surface area (Å²) >= 11 is 2.97. The Kier molecular flexibility index (Phi) is 5.24. The van der Waals surface area contributed by atoms with Gasteiger partial charge in [-0.2, -0.15) is 4.98 Å². The number of amides is 1. The fourth-order valence-corrected chi connectivity index (χ4v) is 3.49. The number of thiophene rings is 1. The zero-order valence-corrected chi connectivity index (χ0v) is 15.9. The van der Waals surface area contributed by atoms with E-state index in [1.807, 2.05) is 17.5 Å². The van der Waals surface area contributed by atoms with Gasteiger partial charge in [-0.15, -0.1) is 21.5 Å². The molecule has 1 amide bonds. The minimum atomic E-state index is -0.0883. The van der Waals surface area contributed by atoms with Gasteiger partial charge >= 0.3 is 0 Å². The monoisotopic (exact) mass is 377 g/mol. The van der Waals surface area contributed by atoms with Crippen molar-refractivity contribution in [2.45, 2.75) is 45.4 Å². The lowest BCUT2D eigenvalue weighted by atomic mass is 9.98. The second-order valence-electron chi connectivity index (χ2n) is 6.55. The van der Waals surface area contributed by atoms with Crippen molar-refractivity contribution in [2.75, 3.05) is 5.32 Å². The second kappa shape index (κ2) is 7.40. The Morgan fingerprint density at radius 2 is 2.16 bits per heavy atom. The van der Waals surface area contributed by atoms with Crippen molar-refractivity contribution in [1.29, 1.82) is 0 Å². The number of nitrogens with one attached hydrogen (secondary N) is 1. The summed E-state index contributed by atoms with van der Waals surface area (Å²) in [6.07, 6.45) is 1.55. The molecule has 0 saturated carbocycles. The van der Waals surface area contributed by atoms with E-state index in [2.05, 4.69) is 46.4 Å². The number of nitrogens with zero attached hydrogens (tertiary/aromatic N) is 4. The fourth-order valence-electron chi connectivity index (χ4n) is 2.02. The molecule has 3 aromatic rings. The third kappa shape index (κ3) is 4.70. The first kappa shape index (κ1) is 17.7. The Bertz CT molecular complexity index is 833. The highest BCUT2D eigenvalue weighted by molar-refractivity contribution is 7.15. The van der Waals surface area contributed by atoms with Crippen LogP contribution in [0.25, 0.3) is 10.7 Å². The van der Waals surface area contributed by atoms with Crippen molar-refractivity contribution < 1.29 is 9.32 Å². The number of aryl methyl sites for hydroxylation is 1. The molecule has 9 heteroatoms. The molecule has 0 unspecified atom stereocenters. The quantitative estimate of drug-likeness (QED) is 0.700. The number of hydrogen-bond acceptors (Lipinski definition) is 8. The SMILES string of the molecule is CC(C)(C)c1nnc(NC(=O)CCCc2nc(-c3cccs3)no2)s1. The van der Waals surface area contributed by atoms with E-state index in [1.54, 1.807) is 11.3 Å². The van der Waals surface area contributed by atoms with Crippen molar-refractivity contribution in [1.82, 2.24) is 20.3 Å². The Hall–Kier alpha value is -2.13. The minimum Gasteiger partial charge on any atom is -0.339 e. The molecule has 25 heavy (non-hydrogen) atoms. The van der Waals surface area contributed by atoms with Crippen LogP contribution in [0, 0.1) is 0 Å². The van der Waals surface area contributed by atoms with Gasteiger partial charge in [0.2, 0.25) is 22.8 Å². The number of aromatic nitrogens is 4. The lowest BCUT2D eigenvalue weighted by molar-refractivity contribution is -0.116. The smallest absolute Gasteiger partial charge is 0.226 e. The molecule has 0 bridgehead atoms. The standard InChI is InChI=1S/C16H19N5O2S2/c1-16(2,3)14-19-20-15(25-14)17-11(22)7-4-8-12-18-13(21-23-12)10-6-5-9-24-10/h5-6,9H,4,7-8H2,1-3H3,(H,17,20,22). The van der Waals surface area contributed by atoms with Crippen LogP contribution >= 0.6 is 22.7 Å². The molecular formula is C16H19N5O2S2. The molecule has 0 fully saturated rings. The highest BCUT2D eigenvalue weighted by Gasteiger charge is 2.20. The van der Waals surface area contributed by atoms with Crippen LogP contribution in [-0.2, 0) is 16.6 Å². The van der Waals surface area contributed by atoms with Crippen LogP contribution in [0.5, 0.6) is 0 Å². The van der Waals surface area contributed by atoms with Crippen molar-refractivity contribution in [3.05, 3.63) is 28.4 Å². The van der Waals surface area contributed by atoms with Gasteiger partial charge in [0.05, 0.1) is 4.88 Å². The second-order valence-corrected chi connectivity index (χ2v) is 8.48. The van der Waals surface area contributed by atoms with Crippen molar-refractivity contribution >= 4 is 33.7 Å². The van der Waals surface area contributed by atoms with Gasteiger partial charge in [0.25, 0.3) is 0 Å². The van der Waals surface area contributed by atoms with Gasteiger partial charge in [0.15, 0.2) is 0 Å². The molecule has 132 valence electrons. The number of hydrogen-bond donors (Lipinski definition) is 1. The average molecular weight is 377 g/mol. The van der Waals surface area contributed by atoms with Gasteiger partial charge in [0.1, 0.15) is 5.01 Å². The van der Waals surface area contributed by atoms with Crippen molar-refractivity contribution in [3.8, 4) is 10.7 Å². The summed E-state index contributed by atoms with van der Waals surface area (Å²) in [5.41, 5.74) is -0.0706. The molecule has 3 heterocycles. The number of rotatable bonds is 6. The van der Waals surface area contributed by atoms with Gasteiger partial charge in [-0.1, -0.05) is 43.3 Å². The van der Waals surface area contributed by atoms with Crippen molar-refractivity contribution in [3.63, 3.8) is 0 Å². The fraction of sp³-hybridized carbons (Fsp3) is 0.438. The Labute approximate surface area is 153 Å². The summed E-state index contributed by atoms with van der Waals surface area (Å²) in [6.45, 7) is 6.19. The summed E-state index contributed by atoms with van der Waals surface area (Å²) in [5.74, 6) is 1.05. The molecule has 0 aromatic carbocycles. The normalized spacial score (nSPS) is 11.6. The van der Waals surface area contributed by atoms with E-state index in [0.717, 1.165) is 9.88 Å². The zero-order chi connectivity index (χ0) is 17.9. The third-order valence-corrected chi connectivity index (χ3v) is 5.45. The first-order chi connectivity index (χ1) is 11.9. The molecule has 1 N–H and O–H groups in total. The molecule has 0 atom stereocenters. The summed E-state index contributed by atoms with van der Waals surface area (Å²) in [6, 6.07) is 3.89. The minimum absolute atomic E-state index is 0.0706. The van der Waals surface area contributed by atoms with Gasteiger partial charge in [-0.25, -0.2) is 0 Å². The molecule has 3 rings (SSSR count). The van der Waals surface area contributed by atoms with Gasteiger partial charge in [0, 0.05) is 18.3 Å². The first-order valence-electron chi connectivity index (χ1n) is 7.92. The van der Waals surface area contributed by atoms with Crippen LogP contribution in [-0.4, -0.2) is 26.2 Å². The number of anilines is 1. The van der Waals surface area contributed by atoms with E-state index in [4.69, 9.17) is 4.52 Å². The Morgan fingerprint density at radius 3 is 2.84 bits per heavy atom. The predicted molar refractivity (Wildman–Crippen MR) is 97.8 cm³/mol. The largest absolute Gasteiger partial charge is 0.339 e. The molecule has 0 aliphatic heterocycles. The van der Waals surface area contributed by atoms with Crippen LogP contribution in [0.4, 0.5) is 5.13 Å². The Balaban J connectivity index is 1.46. The van der Waals surface area contributed by atoms with E-state index in [1.165, 1.54) is 11.3 Å². The summed E-state index contributed by atoms with van der Waals surface area (Å²) in [4.78, 5) is 17.3. The van der Waals surface area contributed by atoms with E-state index in [-0.39, 0.29) is 11.3 Å². The van der Waals surface area contributed by atoms with Crippen LogP contribution in [0.1, 0.15) is 44.5 Å². The summed E-state index contributed by atoms with van der Waals surface area (Å²) in [7, 11) is 0. The number of carbonyl (C=O) groups excluding carboxylic acids is 1. The molecule has 7 nitrogen and oxygen atoms in total. The maximum Gasteiger partial charge on any atom is 0.226 e. The van der Waals surface area contributed by atoms with Gasteiger partial charge in [-0.3, -0.25) is 4.79 Å². The van der Waals surface area contributed by atoms with Gasteiger partial charge < -0.3 is 9.84 Å². The molecule has 0 radical (unpaired) electrons. The van der Waals surface area contributed by atoms with E-state index in [9.17, 15) is 4.79 Å². The van der Waals surface area contributed by atoms with E-state index < -0.39 is 0 Å². The zero-order valence-electron chi connectivity index (χ0n) is 14.3. The maximum atomic E-state index is 12.0. The van der Waals surface area contributed by atoms with E-state index in [0.29, 0.717) is 36.1 Å². The van der Waals surface area contributed by atoms with Gasteiger partial charge in [-0.05, 0) is 17.9 Å². The number of carbonyl (C=O) groups is 1. The molecule has 0 spiro atoms. The maximum absolute atomic E-state index is 12.0. The lowest BCUT2D eigenvalue weighted by Gasteiger charge is -2.12. The Morgan fingerprint density at radius 1 is 1.32 bits per heavy atom. The van der Waals surface area contributed by atoms with E-state index >= 15 is 0 Å². The molecule has 3 aromatic heterocycles. The topological polar surface area (TPSA) is 93.8 Å². The third-order valence-electron chi connectivity index (χ3n) is 3.32. The van der Waals surface area contributed by atoms with Crippen LogP contribution < -0.4 is 5.32 Å². The summed E-state index contributed by atoms with van der Waals surface area (Å²) in [5, 5.41) is 18.3. The highest BCUT2D eigenvalue weighted by atomic mass is 32.1. The van der Waals surface area contributed by atoms with Crippen LogP contribution in [0.3, 0.4) is 0 Å². The average Bonchev–Trinajstić information content (AvgIpc) is 3.27. The first-order valence-corrected chi connectivity index (χ1v) is 9.62. The lowest BCUT2D eigenvalue weighted by Crippen LogP contribution is -2.11.